The molecule has 86 valence electrons. The van der Waals surface area contributed by atoms with Crippen LogP contribution in [0.15, 0.2) is 18.0 Å². The molecule has 0 atom stereocenters. The standard InChI is InChI=1S/C12H16N2O2/c1-5-16-12(15)9(3)8(2)11-10(4)13-6-7-14-11/h6-7H,5H2,1-4H3. The third kappa shape index (κ3) is 2.66. The highest BCUT2D eigenvalue weighted by Crippen LogP contribution is 2.18. The second-order valence-corrected chi connectivity index (χ2v) is 3.46. The van der Waals surface area contributed by atoms with Crippen molar-refractivity contribution in [1.82, 2.24) is 9.97 Å². The Kier molecular flexibility index (Phi) is 4.17. The summed E-state index contributed by atoms with van der Waals surface area (Å²) >= 11 is 0. The van der Waals surface area contributed by atoms with Crippen LogP contribution >= 0.6 is 0 Å². The molecule has 0 aliphatic rings. The number of hydrogen-bond acceptors (Lipinski definition) is 4. The second-order valence-electron chi connectivity index (χ2n) is 3.46. The Bertz CT molecular complexity index is 425. The minimum Gasteiger partial charge on any atom is -0.463 e. The molecular weight excluding hydrogens is 204 g/mol. The first kappa shape index (κ1) is 12.4. The van der Waals surface area contributed by atoms with E-state index in [-0.39, 0.29) is 5.97 Å². The van der Waals surface area contributed by atoms with Crippen LogP contribution < -0.4 is 0 Å². The van der Waals surface area contributed by atoms with Crippen LogP contribution in [0.1, 0.15) is 32.2 Å². The van der Waals surface area contributed by atoms with E-state index in [1.807, 2.05) is 13.8 Å². The number of esters is 1. The summed E-state index contributed by atoms with van der Waals surface area (Å²) in [5.74, 6) is -0.301. The highest BCUT2D eigenvalue weighted by atomic mass is 16.5. The van der Waals surface area contributed by atoms with Gasteiger partial charge in [-0.3, -0.25) is 9.97 Å². The number of allylic oxidation sites excluding steroid dienone is 1. The average Bonchev–Trinajstić information content (AvgIpc) is 2.28. The molecule has 0 saturated carbocycles. The van der Waals surface area contributed by atoms with E-state index < -0.39 is 0 Å². The van der Waals surface area contributed by atoms with E-state index in [4.69, 9.17) is 4.74 Å². The number of carbonyl (C=O) groups excluding carboxylic acids is 1. The maximum atomic E-state index is 11.5. The first-order chi connectivity index (χ1) is 7.57. The van der Waals surface area contributed by atoms with Gasteiger partial charge in [0.1, 0.15) is 0 Å². The van der Waals surface area contributed by atoms with E-state index in [0.29, 0.717) is 12.2 Å². The van der Waals surface area contributed by atoms with Crippen molar-refractivity contribution in [3.8, 4) is 0 Å². The highest BCUT2D eigenvalue weighted by Gasteiger charge is 2.12. The minimum atomic E-state index is -0.301. The van der Waals surface area contributed by atoms with Crippen LogP contribution in [-0.4, -0.2) is 22.5 Å². The fraction of sp³-hybridized carbons (Fsp3) is 0.417. The Morgan fingerprint density at radius 3 is 2.50 bits per heavy atom. The third-order valence-electron chi connectivity index (χ3n) is 2.38. The van der Waals surface area contributed by atoms with Crippen LogP contribution in [0.4, 0.5) is 0 Å². The van der Waals surface area contributed by atoms with Crippen molar-refractivity contribution in [3.63, 3.8) is 0 Å². The van der Waals surface area contributed by atoms with E-state index in [1.54, 1.807) is 26.2 Å². The van der Waals surface area contributed by atoms with E-state index in [9.17, 15) is 4.79 Å². The number of rotatable bonds is 3. The lowest BCUT2D eigenvalue weighted by Gasteiger charge is -2.08. The predicted molar refractivity (Wildman–Crippen MR) is 61.7 cm³/mol. The molecule has 0 saturated heterocycles. The summed E-state index contributed by atoms with van der Waals surface area (Å²) in [7, 11) is 0. The van der Waals surface area contributed by atoms with Gasteiger partial charge in [0, 0.05) is 18.0 Å². The summed E-state index contributed by atoms with van der Waals surface area (Å²) in [6.45, 7) is 7.62. The molecule has 0 amide bonds. The number of nitrogens with zero attached hydrogens (tertiary/aromatic N) is 2. The normalized spacial score (nSPS) is 12.0. The van der Waals surface area contributed by atoms with E-state index in [2.05, 4.69) is 9.97 Å². The summed E-state index contributed by atoms with van der Waals surface area (Å²) < 4.78 is 4.94. The molecular formula is C12H16N2O2. The Hall–Kier alpha value is -1.71. The van der Waals surface area contributed by atoms with Crippen molar-refractivity contribution < 1.29 is 9.53 Å². The van der Waals surface area contributed by atoms with Crippen LogP contribution in [-0.2, 0) is 9.53 Å². The summed E-state index contributed by atoms with van der Waals surface area (Å²) in [6.07, 6.45) is 3.25. The van der Waals surface area contributed by atoms with Gasteiger partial charge in [-0.1, -0.05) is 0 Å². The smallest absolute Gasteiger partial charge is 0.334 e. The van der Waals surface area contributed by atoms with E-state index in [0.717, 1.165) is 17.0 Å². The van der Waals surface area contributed by atoms with Crippen LogP contribution in [0.2, 0.25) is 0 Å². The number of carbonyl (C=O) groups is 1. The van der Waals surface area contributed by atoms with Gasteiger partial charge < -0.3 is 4.74 Å². The van der Waals surface area contributed by atoms with Crippen molar-refractivity contribution in [1.29, 1.82) is 0 Å². The van der Waals surface area contributed by atoms with Gasteiger partial charge in [-0.05, 0) is 33.3 Å². The third-order valence-corrected chi connectivity index (χ3v) is 2.38. The van der Waals surface area contributed by atoms with Crippen molar-refractivity contribution in [2.75, 3.05) is 6.61 Å². The fourth-order valence-corrected chi connectivity index (χ4v) is 1.35. The lowest BCUT2D eigenvalue weighted by atomic mass is 10.1. The van der Waals surface area contributed by atoms with Crippen LogP contribution in [0.5, 0.6) is 0 Å². The van der Waals surface area contributed by atoms with E-state index >= 15 is 0 Å². The van der Waals surface area contributed by atoms with Crippen molar-refractivity contribution in [2.24, 2.45) is 0 Å². The molecule has 4 nitrogen and oxygen atoms in total. The molecule has 0 N–H and O–H groups in total. The van der Waals surface area contributed by atoms with Gasteiger partial charge in [0.05, 0.1) is 18.0 Å². The average molecular weight is 220 g/mol. The maximum Gasteiger partial charge on any atom is 0.334 e. The molecule has 0 aromatic carbocycles. The number of hydrogen-bond donors (Lipinski definition) is 0. The molecule has 0 aliphatic heterocycles. The lowest BCUT2D eigenvalue weighted by Crippen LogP contribution is -2.08. The summed E-state index contributed by atoms with van der Waals surface area (Å²) in [5, 5.41) is 0. The monoisotopic (exact) mass is 220 g/mol. The quantitative estimate of drug-likeness (QED) is 0.578. The van der Waals surface area contributed by atoms with Gasteiger partial charge in [0.25, 0.3) is 0 Å². The largest absolute Gasteiger partial charge is 0.463 e. The summed E-state index contributed by atoms with van der Waals surface area (Å²) in [4.78, 5) is 19.9. The van der Waals surface area contributed by atoms with Gasteiger partial charge in [0.2, 0.25) is 0 Å². The zero-order valence-electron chi connectivity index (χ0n) is 10.1. The fourth-order valence-electron chi connectivity index (χ4n) is 1.35. The molecule has 1 rings (SSSR count). The lowest BCUT2D eigenvalue weighted by molar-refractivity contribution is -0.138. The van der Waals surface area contributed by atoms with Crippen molar-refractivity contribution in [3.05, 3.63) is 29.4 Å². The summed E-state index contributed by atoms with van der Waals surface area (Å²) in [5.41, 5.74) is 2.94. The zero-order valence-corrected chi connectivity index (χ0v) is 10.1. The zero-order chi connectivity index (χ0) is 12.1. The Morgan fingerprint density at radius 2 is 1.94 bits per heavy atom. The molecule has 0 spiro atoms. The topological polar surface area (TPSA) is 52.1 Å². The molecule has 4 heteroatoms. The Morgan fingerprint density at radius 1 is 1.31 bits per heavy atom. The van der Waals surface area contributed by atoms with Crippen LogP contribution in [0.25, 0.3) is 5.57 Å². The van der Waals surface area contributed by atoms with Gasteiger partial charge >= 0.3 is 5.97 Å². The molecule has 16 heavy (non-hydrogen) atoms. The van der Waals surface area contributed by atoms with Crippen LogP contribution in [0, 0.1) is 6.92 Å². The number of aryl methyl sites for hydroxylation is 1. The number of ether oxygens (including phenoxy) is 1. The maximum absolute atomic E-state index is 11.5. The van der Waals surface area contributed by atoms with Gasteiger partial charge in [-0.25, -0.2) is 4.79 Å². The molecule has 0 bridgehead atoms. The first-order valence-electron chi connectivity index (χ1n) is 5.20. The molecule has 1 aromatic rings. The molecule has 0 radical (unpaired) electrons. The van der Waals surface area contributed by atoms with Crippen molar-refractivity contribution >= 4 is 11.5 Å². The Labute approximate surface area is 95.4 Å². The molecule has 1 aromatic heterocycles. The highest BCUT2D eigenvalue weighted by molar-refractivity contribution is 5.96. The molecule has 0 unspecified atom stereocenters. The second kappa shape index (κ2) is 5.39. The van der Waals surface area contributed by atoms with Gasteiger partial charge in [-0.2, -0.15) is 0 Å². The molecule has 1 heterocycles. The van der Waals surface area contributed by atoms with Crippen molar-refractivity contribution in [2.45, 2.75) is 27.7 Å². The molecule has 0 aliphatic carbocycles. The molecule has 0 fully saturated rings. The van der Waals surface area contributed by atoms with Gasteiger partial charge in [-0.15, -0.1) is 0 Å². The minimum absolute atomic E-state index is 0.301. The van der Waals surface area contributed by atoms with Crippen LogP contribution in [0.3, 0.4) is 0 Å². The SMILES string of the molecule is CCOC(=O)C(C)=C(C)c1nccnc1C. The van der Waals surface area contributed by atoms with Gasteiger partial charge in [0.15, 0.2) is 0 Å². The Balaban J connectivity index is 3.09. The number of aromatic nitrogens is 2. The summed E-state index contributed by atoms with van der Waals surface area (Å²) in [6, 6.07) is 0. The first-order valence-corrected chi connectivity index (χ1v) is 5.20. The van der Waals surface area contributed by atoms with E-state index in [1.165, 1.54) is 0 Å². The predicted octanol–water partition coefficient (Wildman–Crippen LogP) is 2.14.